The van der Waals surface area contributed by atoms with Gasteiger partial charge in [0.1, 0.15) is 11.6 Å². The molecule has 1 aromatic carbocycles. The van der Waals surface area contributed by atoms with E-state index in [1.165, 1.54) is 24.6 Å². The van der Waals surface area contributed by atoms with Gasteiger partial charge in [0.25, 0.3) is 0 Å². The molecule has 1 unspecified atom stereocenters. The summed E-state index contributed by atoms with van der Waals surface area (Å²) < 4.78 is 27.5. The Bertz CT molecular complexity index is 397. The number of unbranched alkanes of at least 4 members (excludes halogenated alkanes) is 1. The topological polar surface area (TPSA) is 15.3 Å². The van der Waals surface area contributed by atoms with Crippen LogP contribution in [0, 0.1) is 11.6 Å². The van der Waals surface area contributed by atoms with Crippen molar-refractivity contribution >= 4 is 0 Å². The second-order valence-electron chi connectivity index (χ2n) is 5.58. The highest BCUT2D eigenvalue weighted by atomic mass is 19.1. The molecule has 0 aromatic heterocycles. The summed E-state index contributed by atoms with van der Waals surface area (Å²) in [5, 5.41) is 3.45. The van der Waals surface area contributed by atoms with Crippen molar-refractivity contribution in [3.05, 3.63) is 35.4 Å². The van der Waals surface area contributed by atoms with E-state index < -0.39 is 11.6 Å². The first-order chi connectivity index (χ1) is 9.70. The van der Waals surface area contributed by atoms with Crippen LogP contribution in [0.5, 0.6) is 0 Å². The average molecular weight is 282 g/mol. The number of hydrogen-bond acceptors (Lipinski definition) is 2. The molecule has 1 aliphatic heterocycles. The minimum Gasteiger partial charge on any atom is -0.313 e. The second kappa shape index (κ2) is 7.70. The van der Waals surface area contributed by atoms with Crippen LogP contribution < -0.4 is 5.32 Å². The van der Waals surface area contributed by atoms with Gasteiger partial charge in [-0.2, -0.15) is 0 Å². The Kier molecular flexibility index (Phi) is 5.92. The van der Waals surface area contributed by atoms with Gasteiger partial charge < -0.3 is 5.32 Å². The van der Waals surface area contributed by atoms with Crippen LogP contribution in [0.4, 0.5) is 8.78 Å². The number of nitrogens with one attached hydrogen (secondary N) is 1. The first-order valence-corrected chi connectivity index (χ1v) is 7.59. The van der Waals surface area contributed by atoms with E-state index in [9.17, 15) is 8.78 Å². The fourth-order valence-electron chi connectivity index (χ4n) is 2.75. The maximum Gasteiger partial charge on any atom is 0.130 e. The smallest absolute Gasteiger partial charge is 0.130 e. The van der Waals surface area contributed by atoms with Gasteiger partial charge in [-0.15, -0.1) is 0 Å². The molecule has 1 N–H and O–H groups in total. The van der Waals surface area contributed by atoms with Gasteiger partial charge >= 0.3 is 0 Å². The molecule has 0 amide bonds. The zero-order chi connectivity index (χ0) is 14.4. The molecule has 0 radical (unpaired) electrons. The van der Waals surface area contributed by atoms with E-state index in [0.717, 1.165) is 38.9 Å². The van der Waals surface area contributed by atoms with E-state index in [2.05, 4.69) is 17.1 Å². The van der Waals surface area contributed by atoms with E-state index in [1.54, 1.807) is 0 Å². The van der Waals surface area contributed by atoms with Crippen LogP contribution in [-0.2, 0) is 6.54 Å². The lowest BCUT2D eigenvalue weighted by Gasteiger charge is -2.26. The monoisotopic (exact) mass is 282 g/mol. The second-order valence-corrected chi connectivity index (χ2v) is 5.58. The lowest BCUT2D eigenvalue weighted by Crippen LogP contribution is -2.38. The quantitative estimate of drug-likeness (QED) is 0.825. The van der Waals surface area contributed by atoms with Gasteiger partial charge in [0.05, 0.1) is 0 Å². The number of nitrogens with zero attached hydrogens (tertiary/aromatic N) is 1. The summed E-state index contributed by atoms with van der Waals surface area (Å²) in [7, 11) is 0. The summed E-state index contributed by atoms with van der Waals surface area (Å²) in [6.07, 6.45) is 4.50. The molecule has 0 bridgehead atoms. The molecule has 1 heterocycles. The first-order valence-electron chi connectivity index (χ1n) is 7.59. The maximum absolute atomic E-state index is 13.8. The Labute approximate surface area is 120 Å². The normalized spacial score (nSPS) is 18.9. The molecule has 1 fully saturated rings. The third-order valence-electron chi connectivity index (χ3n) is 3.91. The lowest BCUT2D eigenvalue weighted by atomic mass is 10.1. The third-order valence-corrected chi connectivity index (χ3v) is 3.91. The van der Waals surface area contributed by atoms with Crippen LogP contribution in [0.15, 0.2) is 18.2 Å². The maximum atomic E-state index is 13.8. The van der Waals surface area contributed by atoms with E-state index in [4.69, 9.17) is 0 Å². The lowest BCUT2D eigenvalue weighted by molar-refractivity contribution is 0.231. The molecule has 4 heteroatoms. The van der Waals surface area contributed by atoms with Crippen molar-refractivity contribution in [1.29, 1.82) is 0 Å². The summed E-state index contributed by atoms with van der Waals surface area (Å²) >= 11 is 0. The van der Waals surface area contributed by atoms with Crippen molar-refractivity contribution in [3.8, 4) is 0 Å². The molecule has 1 atom stereocenters. The Morgan fingerprint density at radius 2 is 2.05 bits per heavy atom. The van der Waals surface area contributed by atoms with Gasteiger partial charge in [-0.05, 0) is 44.5 Å². The van der Waals surface area contributed by atoms with Crippen LogP contribution in [0.25, 0.3) is 0 Å². The van der Waals surface area contributed by atoms with E-state index in [0.29, 0.717) is 12.6 Å². The molecule has 0 spiro atoms. The Morgan fingerprint density at radius 1 is 1.30 bits per heavy atom. The molecule has 112 valence electrons. The van der Waals surface area contributed by atoms with Crippen molar-refractivity contribution in [2.24, 2.45) is 0 Å². The largest absolute Gasteiger partial charge is 0.313 e. The molecule has 0 saturated carbocycles. The van der Waals surface area contributed by atoms with Crippen molar-refractivity contribution < 1.29 is 8.78 Å². The zero-order valence-electron chi connectivity index (χ0n) is 12.2. The highest BCUT2D eigenvalue weighted by Gasteiger charge is 2.19. The SMILES string of the molecule is CCCCN(Cc1c(F)cccc1F)CC1CCCN1. The minimum absolute atomic E-state index is 0.196. The fraction of sp³-hybridized carbons (Fsp3) is 0.625. The highest BCUT2D eigenvalue weighted by molar-refractivity contribution is 5.19. The highest BCUT2D eigenvalue weighted by Crippen LogP contribution is 2.16. The molecular weight excluding hydrogens is 258 g/mol. The van der Waals surface area contributed by atoms with E-state index in [1.807, 2.05) is 0 Å². The first kappa shape index (κ1) is 15.4. The van der Waals surface area contributed by atoms with Crippen molar-refractivity contribution in [1.82, 2.24) is 10.2 Å². The van der Waals surface area contributed by atoms with Crippen LogP contribution in [0.2, 0.25) is 0 Å². The van der Waals surface area contributed by atoms with Gasteiger partial charge in [0, 0.05) is 24.7 Å². The fourth-order valence-corrected chi connectivity index (χ4v) is 2.75. The zero-order valence-corrected chi connectivity index (χ0v) is 12.2. The molecular formula is C16H24F2N2. The minimum atomic E-state index is -0.439. The summed E-state index contributed by atoms with van der Waals surface area (Å²) in [6, 6.07) is 4.55. The van der Waals surface area contributed by atoms with Crippen LogP contribution in [0.3, 0.4) is 0 Å². The average Bonchev–Trinajstić information content (AvgIpc) is 2.93. The summed E-state index contributed by atoms with van der Waals surface area (Å²) in [5.74, 6) is -0.878. The van der Waals surface area contributed by atoms with Crippen molar-refractivity contribution in [3.63, 3.8) is 0 Å². The number of halogens is 2. The Balaban J connectivity index is 2.01. The molecule has 1 aromatic rings. The van der Waals surface area contributed by atoms with Gasteiger partial charge in [-0.1, -0.05) is 19.4 Å². The molecule has 2 rings (SSSR count). The molecule has 0 aliphatic carbocycles. The Hall–Kier alpha value is -1.00. The van der Waals surface area contributed by atoms with Crippen LogP contribution >= 0.6 is 0 Å². The summed E-state index contributed by atoms with van der Waals surface area (Å²) in [4.78, 5) is 2.17. The Morgan fingerprint density at radius 3 is 2.65 bits per heavy atom. The number of benzene rings is 1. The van der Waals surface area contributed by atoms with Crippen LogP contribution in [0.1, 0.15) is 38.2 Å². The predicted molar refractivity (Wildman–Crippen MR) is 77.6 cm³/mol. The van der Waals surface area contributed by atoms with Crippen molar-refractivity contribution in [2.75, 3.05) is 19.6 Å². The summed E-state index contributed by atoms with van der Waals surface area (Å²) in [5.41, 5.74) is 0.196. The van der Waals surface area contributed by atoms with E-state index >= 15 is 0 Å². The van der Waals surface area contributed by atoms with Gasteiger partial charge in [-0.25, -0.2) is 8.78 Å². The number of rotatable bonds is 7. The predicted octanol–water partition coefficient (Wildman–Crippen LogP) is 3.32. The molecule has 1 aliphatic rings. The summed E-state index contributed by atoms with van der Waals surface area (Å²) in [6.45, 7) is 5.31. The third kappa shape index (κ3) is 4.25. The van der Waals surface area contributed by atoms with Crippen LogP contribution in [-0.4, -0.2) is 30.6 Å². The van der Waals surface area contributed by atoms with Gasteiger partial charge in [0.2, 0.25) is 0 Å². The van der Waals surface area contributed by atoms with Gasteiger partial charge in [-0.3, -0.25) is 4.90 Å². The molecule has 1 saturated heterocycles. The number of hydrogen-bond donors (Lipinski definition) is 1. The van der Waals surface area contributed by atoms with E-state index in [-0.39, 0.29) is 5.56 Å². The molecule has 2 nitrogen and oxygen atoms in total. The standard InChI is InChI=1S/C16H24F2N2/c1-2-3-10-20(11-13-6-5-9-19-13)12-14-15(17)7-4-8-16(14)18/h4,7-8,13,19H,2-3,5-6,9-12H2,1H3. The van der Waals surface area contributed by atoms with Gasteiger partial charge in [0.15, 0.2) is 0 Å². The molecule has 20 heavy (non-hydrogen) atoms. The van der Waals surface area contributed by atoms with Crippen molar-refractivity contribution in [2.45, 2.75) is 45.2 Å².